The number of hydrogen-bond acceptors (Lipinski definition) is 2. The van der Waals surface area contributed by atoms with Crippen LogP contribution in [0.2, 0.25) is 0 Å². The Morgan fingerprint density at radius 3 is 1.90 bits per heavy atom. The van der Waals surface area contributed by atoms with Gasteiger partial charge >= 0.3 is 0 Å². The molecule has 1 aliphatic rings. The molecule has 0 fully saturated rings. The second-order valence-corrected chi connectivity index (χ2v) is 7.23. The fourth-order valence-electron chi connectivity index (χ4n) is 4.18. The Labute approximate surface area is 170 Å². The van der Waals surface area contributed by atoms with Crippen LogP contribution in [0.5, 0.6) is 0 Å². The van der Waals surface area contributed by atoms with Gasteiger partial charge in [-0.3, -0.25) is 9.78 Å². The van der Waals surface area contributed by atoms with E-state index in [-0.39, 0.29) is 11.9 Å². The molecule has 3 aromatic carbocycles. The quantitative estimate of drug-likeness (QED) is 0.472. The average Bonchev–Trinajstić information content (AvgIpc) is 3.13. The van der Waals surface area contributed by atoms with Crippen LogP contribution < -0.4 is 0 Å². The summed E-state index contributed by atoms with van der Waals surface area (Å²) < 4.78 is 0. The van der Waals surface area contributed by atoms with Gasteiger partial charge in [-0.05, 0) is 52.1 Å². The van der Waals surface area contributed by atoms with Crippen molar-refractivity contribution in [1.82, 2.24) is 9.88 Å². The highest BCUT2D eigenvalue weighted by Crippen LogP contribution is 2.46. The SMILES string of the molecule is O=C(c1ccccc1)N(Cc1ccncc1)C1c2ccccc2-c2ccccc21. The van der Waals surface area contributed by atoms with Crippen LogP contribution in [0.15, 0.2) is 103 Å². The van der Waals surface area contributed by atoms with Gasteiger partial charge in [0, 0.05) is 24.5 Å². The largest absolute Gasteiger partial charge is 0.323 e. The molecule has 1 aromatic heterocycles. The number of nitrogens with zero attached hydrogens (tertiary/aromatic N) is 2. The molecular formula is C26H20N2O. The first-order valence-corrected chi connectivity index (χ1v) is 9.76. The number of aromatic nitrogens is 1. The number of carbonyl (C=O) groups is 1. The predicted octanol–water partition coefficient (Wildman–Crippen LogP) is 5.49. The van der Waals surface area contributed by atoms with Crippen LogP contribution in [0.25, 0.3) is 11.1 Å². The monoisotopic (exact) mass is 376 g/mol. The number of benzene rings is 3. The molecular weight excluding hydrogens is 356 g/mol. The van der Waals surface area contributed by atoms with E-state index in [1.54, 1.807) is 12.4 Å². The molecule has 1 heterocycles. The first kappa shape index (κ1) is 17.4. The van der Waals surface area contributed by atoms with E-state index >= 15 is 0 Å². The molecule has 3 nitrogen and oxygen atoms in total. The summed E-state index contributed by atoms with van der Waals surface area (Å²) in [5.74, 6) is 0.0268. The van der Waals surface area contributed by atoms with Crippen LogP contribution in [0.4, 0.5) is 0 Å². The molecule has 0 aliphatic heterocycles. The van der Waals surface area contributed by atoms with Crippen molar-refractivity contribution in [3.05, 3.63) is 126 Å². The van der Waals surface area contributed by atoms with Gasteiger partial charge in [0.15, 0.2) is 0 Å². The number of fused-ring (bicyclic) bond motifs is 3. The third kappa shape index (κ3) is 3.11. The van der Waals surface area contributed by atoms with Crippen molar-refractivity contribution >= 4 is 5.91 Å². The van der Waals surface area contributed by atoms with Crippen LogP contribution >= 0.6 is 0 Å². The molecule has 5 rings (SSSR count). The van der Waals surface area contributed by atoms with E-state index < -0.39 is 0 Å². The molecule has 0 radical (unpaired) electrons. The van der Waals surface area contributed by atoms with Gasteiger partial charge < -0.3 is 4.90 Å². The standard InChI is InChI=1S/C26H20N2O/c29-26(20-8-2-1-3-9-20)28(18-19-14-16-27-17-15-19)25-23-12-6-4-10-21(23)22-11-5-7-13-24(22)25/h1-17,25H,18H2. The summed E-state index contributed by atoms with van der Waals surface area (Å²) in [5.41, 5.74) is 6.51. The predicted molar refractivity (Wildman–Crippen MR) is 114 cm³/mol. The summed E-state index contributed by atoms with van der Waals surface area (Å²) in [6.07, 6.45) is 3.55. The summed E-state index contributed by atoms with van der Waals surface area (Å²) in [4.78, 5) is 19.8. The van der Waals surface area contributed by atoms with E-state index in [2.05, 4.69) is 53.5 Å². The van der Waals surface area contributed by atoms with Gasteiger partial charge in [0.1, 0.15) is 0 Å². The fraction of sp³-hybridized carbons (Fsp3) is 0.0769. The van der Waals surface area contributed by atoms with E-state index in [4.69, 9.17) is 0 Å². The molecule has 0 bridgehead atoms. The molecule has 0 saturated heterocycles. The third-order valence-corrected chi connectivity index (χ3v) is 5.50. The molecule has 1 aliphatic carbocycles. The lowest BCUT2D eigenvalue weighted by atomic mass is 10.0. The number of carbonyl (C=O) groups excluding carboxylic acids is 1. The fourth-order valence-corrected chi connectivity index (χ4v) is 4.18. The second-order valence-electron chi connectivity index (χ2n) is 7.23. The van der Waals surface area contributed by atoms with E-state index in [0.29, 0.717) is 12.1 Å². The maximum Gasteiger partial charge on any atom is 0.254 e. The van der Waals surface area contributed by atoms with Crippen LogP contribution in [-0.4, -0.2) is 15.8 Å². The minimum Gasteiger partial charge on any atom is -0.323 e. The molecule has 0 N–H and O–H groups in total. The van der Waals surface area contributed by atoms with Crippen molar-refractivity contribution in [3.63, 3.8) is 0 Å². The van der Waals surface area contributed by atoms with Crippen LogP contribution in [0, 0.1) is 0 Å². The number of pyridine rings is 1. The second kappa shape index (κ2) is 7.36. The van der Waals surface area contributed by atoms with E-state index in [1.807, 2.05) is 47.4 Å². The Morgan fingerprint density at radius 1 is 0.724 bits per heavy atom. The first-order valence-electron chi connectivity index (χ1n) is 9.76. The number of rotatable bonds is 4. The molecule has 0 spiro atoms. The summed E-state index contributed by atoms with van der Waals surface area (Å²) in [5, 5.41) is 0. The zero-order chi connectivity index (χ0) is 19.6. The average molecular weight is 376 g/mol. The van der Waals surface area contributed by atoms with Crippen molar-refractivity contribution in [2.75, 3.05) is 0 Å². The highest BCUT2D eigenvalue weighted by atomic mass is 16.2. The Balaban J connectivity index is 1.66. The number of hydrogen-bond donors (Lipinski definition) is 0. The van der Waals surface area contributed by atoms with E-state index in [0.717, 1.165) is 5.56 Å². The van der Waals surface area contributed by atoms with Crippen LogP contribution in [0.3, 0.4) is 0 Å². The van der Waals surface area contributed by atoms with E-state index in [1.165, 1.54) is 22.3 Å². The van der Waals surface area contributed by atoms with E-state index in [9.17, 15) is 4.79 Å². The Morgan fingerprint density at radius 2 is 1.28 bits per heavy atom. The summed E-state index contributed by atoms with van der Waals surface area (Å²) >= 11 is 0. The van der Waals surface area contributed by atoms with Gasteiger partial charge in [-0.2, -0.15) is 0 Å². The summed E-state index contributed by atoms with van der Waals surface area (Å²) in [6.45, 7) is 0.517. The first-order chi connectivity index (χ1) is 14.3. The van der Waals surface area contributed by atoms with Crippen LogP contribution in [0.1, 0.15) is 33.1 Å². The Bertz CT molecular complexity index is 1110. The minimum atomic E-state index is -0.122. The normalized spacial score (nSPS) is 12.3. The van der Waals surface area contributed by atoms with Crippen molar-refractivity contribution in [3.8, 4) is 11.1 Å². The van der Waals surface area contributed by atoms with Crippen LogP contribution in [-0.2, 0) is 6.54 Å². The maximum atomic E-state index is 13.7. The molecule has 3 heteroatoms. The minimum absolute atomic E-state index is 0.0268. The van der Waals surface area contributed by atoms with Gasteiger partial charge in [-0.1, -0.05) is 66.7 Å². The molecule has 0 saturated carbocycles. The lowest BCUT2D eigenvalue weighted by Gasteiger charge is -2.31. The molecule has 140 valence electrons. The Kier molecular flexibility index (Phi) is 4.41. The van der Waals surface area contributed by atoms with Crippen molar-refractivity contribution in [2.24, 2.45) is 0 Å². The highest BCUT2D eigenvalue weighted by Gasteiger charge is 2.35. The molecule has 0 unspecified atom stereocenters. The third-order valence-electron chi connectivity index (χ3n) is 5.50. The van der Waals surface area contributed by atoms with Gasteiger partial charge in [0.2, 0.25) is 0 Å². The smallest absolute Gasteiger partial charge is 0.254 e. The maximum absolute atomic E-state index is 13.7. The van der Waals surface area contributed by atoms with Gasteiger partial charge in [-0.15, -0.1) is 0 Å². The molecule has 0 atom stereocenters. The summed E-state index contributed by atoms with van der Waals surface area (Å²) in [7, 11) is 0. The number of amides is 1. The van der Waals surface area contributed by atoms with Gasteiger partial charge in [0.05, 0.1) is 6.04 Å². The lowest BCUT2D eigenvalue weighted by Crippen LogP contribution is -2.34. The molecule has 29 heavy (non-hydrogen) atoms. The zero-order valence-electron chi connectivity index (χ0n) is 15.9. The van der Waals surface area contributed by atoms with Crippen molar-refractivity contribution in [2.45, 2.75) is 12.6 Å². The van der Waals surface area contributed by atoms with Crippen molar-refractivity contribution < 1.29 is 4.79 Å². The Hall–Kier alpha value is -3.72. The molecule has 4 aromatic rings. The van der Waals surface area contributed by atoms with Crippen molar-refractivity contribution in [1.29, 1.82) is 0 Å². The summed E-state index contributed by atoms with van der Waals surface area (Å²) in [6, 6.07) is 30.1. The highest BCUT2D eigenvalue weighted by molar-refractivity contribution is 5.95. The zero-order valence-corrected chi connectivity index (χ0v) is 15.9. The van der Waals surface area contributed by atoms with Gasteiger partial charge in [0.25, 0.3) is 5.91 Å². The molecule has 1 amide bonds. The topological polar surface area (TPSA) is 33.2 Å². The lowest BCUT2D eigenvalue weighted by molar-refractivity contribution is 0.0694. The van der Waals surface area contributed by atoms with Gasteiger partial charge in [-0.25, -0.2) is 0 Å².